The van der Waals surface area contributed by atoms with E-state index in [2.05, 4.69) is 46.1 Å². The van der Waals surface area contributed by atoms with E-state index in [1.165, 1.54) is 42.1 Å². The van der Waals surface area contributed by atoms with Crippen molar-refractivity contribution in [2.24, 2.45) is 5.92 Å². The van der Waals surface area contributed by atoms with Gasteiger partial charge in [-0.1, -0.05) is 18.9 Å². The average Bonchev–Trinajstić information content (AvgIpc) is 3.27. The molecule has 1 saturated carbocycles. The van der Waals surface area contributed by atoms with Crippen molar-refractivity contribution >= 4 is 16.8 Å². The number of amides is 1. The molecule has 1 aromatic carbocycles. The zero-order valence-electron chi connectivity index (χ0n) is 14.5. The fourth-order valence-corrected chi connectivity index (χ4v) is 4.52. The van der Waals surface area contributed by atoms with Crippen LogP contribution < -0.4 is 0 Å². The molecule has 2 heterocycles. The number of carbonyl (C=O) groups excluding carboxylic acids is 1. The minimum Gasteiger partial charge on any atom is -0.361 e. The first kappa shape index (κ1) is 15.7. The normalized spacial score (nSPS) is 22.3. The second kappa shape index (κ2) is 6.60. The van der Waals surface area contributed by atoms with Crippen LogP contribution >= 0.6 is 0 Å². The fourth-order valence-electron chi connectivity index (χ4n) is 4.52. The molecule has 24 heavy (non-hydrogen) atoms. The van der Waals surface area contributed by atoms with Crippen molar-refractivity contribution in [2.75, 3.05) is 20.1 Å². The Bertz CT molecular complexity index is 716. The van der Waals surface area contributed by atoms with Crippen molar-refractivity contribution in [1.82, 2.24) is 14.8 Å². The van der Waals surface area contributed by atoms with Gasteiger partial charge in [0.05, 0.1) is 0 Å². The van der Waals surface area contributed by atoms with Crippen molar-refractivity contribution in [2.45, 2.75) is 44.7 Å². The highest BCUT2D eigenvalue weighted by molar-refractivity contribution is 5.80. The lowest BCUT2D eigenvalue weighted by atomic mass is 10.1. The zero-order chi connectivity index (χ0) is 16.5. The van der Waals surface area contributed by atoms with Crippen molar-refractivity contribution < 1.29 is 4.79 Å². The van der Waals surface area contributed by atoms with Gasteiger partial charge in [-0.2, -0.15) is 0 Å². The number of hydrogen-bond donors (Lipinski definition) is 1. The first-order valence-electron chi connectivity index (χ1n) is 9.23. The highest BCUT2D eigenvalue weighted by atomic mass is 16.2. The minimum absolute atomic E-state index is 0.383. The van der Waals surface area contributed by atoms with E-state index >= 15 is 0 Å². The van der Waals surface area contributed by atoms with Crippen LogP contribution in [0.1, 0.15) is 37.7 Å². The summed E-state index contributed by atoms with van der Waals surface area (Å²) < 4.78 is 0. The molecule has 4 heteroatoms. The van der Waals surface area contributed by atoms with Gasteiger partial charge in [0.1, 0.15) is 0 Å². The summed E-state index contributed by atoms with van der Waals surface area (Å²) in [7, 11) is 2.17. The van der Waals surface area contributed by atoms with Gasteiger partial charge >= 0.3 is 0 Å². The average molecular weight is 325 g/mol. The number of aromatic amines is 1. The number of H-pyrrole nitrogens is 1. The van der Waals surface area contributed by atoms with Crippen LogP contribution in [0.3, 0.4) is 0 Å². The van der Waals surface area contributed by atoms with Crippen LogP contribution in [0.5, 0.6) is 0 Å². The van der Waals surface area contributed by atoms with Crippen molar-refractivity contribution in [3.63, 3.8) is 0 Å². The summed E-state index contributed by atoms with van der Waals surface area (Å²) in [5, 5.41) is 1.27. The Balaban J connectivity index is 1.34. The summed E-state index contributed by atoms with van der Waals surface area (Å²) in [6, 6.07) is 9.25. The highest BCUT2D eigenvalue weighted by Crippen LogP contribution is 2.29. The molecular formula is C20H27N3O. The number of hydrogen-bond acceptors (Lipinski definition) is 2. The van der Waals surface area contributed by atoms with Gasteiger partial charge < -0.3 is 14.8 Å². The smallest absolute Gasteiger partial charge is 0.223 e. The van der Waals surface area contributed by atoms with E-state index in [1.54, 1.807) is 0 Å². The van der Waals surface area contributed by atoms with Gasteiger partial charge in [0.25, 0.3) is 0 Å². The summed E-state index contributed by atoms with van der Waals surface area (Å²) in [6.45, 7) is 2.90. The van der Waals surface area contributed by atoms with Crippen LogP contribution in [0.15, 0.2) is 30.5 Å². The SMILES string of the molecule is CN(Cc1ccc2[nH]ccc2c1)CC1CC(=O)N(C2CCCC2)C1. The second-order valence-corrected chi connectivity index (χ2v) is 7.65. The van der Waals surface area contributed by atoms with Crippen LogP contribution in [0.4, 0.5) is 0 Å². The molecule has 1 N–H and O–H groups in total. The molecule has 1 saturated heterocycles. The maximum absolute atomic E-state index is 12.3. The molecule has 2 aliphatic rings. The Morgan fingerprint density at radius 3 is 2.92 bits per heavy atom. The maximum Gasteiger partial charge on any atom is 0.223 e. The predicted molar refractivity (Wildman–Crippen MR) is 96.7 cm³/mol. The molecule has 4 nitrogen and oxygen atoms in total. The Kier molecular flexibility index (Phi) is 4.31. The third kappa shape index (κ3) is 3.20. The molecule has 2 fully saturated rings. The van der Waals surface area contributed by atoms with Crippen LogP contribution in [-0.2, 0) is 11.3 Å². The van der Waals surface area contributed by atoms with Crippen LogP contribution in [-0.4, -0.2) is 46.9 Å². The van der Waals surface area contributed by atoms with E-state index in [9.17, 15) is 4.79 Å². The van der Waals surface area contributed by atoms with Gasteiger partial charge in [-0.25, -0.2) is 0 Å². The van der Waals surface area contributed by atoms with Crippen molar-refractivity contribution in [3.8, 4) is 0 Å². The Labute approximate surface area is 143 Å². The molecule has 1 atom stereocenters. The van der Waals surface area contributed by atoms with E-state index in [0.717, 1.165) is 26.1 Å². The monoisotopic (exact) mass is 325 g/mol. The van der Waals surface area contributed by atoms with Gasteiger partial charge in [-0.3, -0.25) is 4.79 Å². The quantitative estimate of drug-likeness (QED) is 0.915. The molecule has 128 valence electrons. The topological polar surface area (TPSA) is 39.3 Å². The number of carbonyl (C=O) groups is 1. The first-order valence-corrected chi connectivity index (χ1v) is 9.23. The van der Waals surface area contributed by atoms with Gasteiger partial charge in [0.2, 0.25) is 5.91 Å². The molecular weight excluding hydrogens is 298 g/mol. The number of nitrogens with zero attached hydrogens (tertiary/aromatic N) is 2. The van der Waals surface area contributed by atoms with Gasteiger partial charge in [0, 0.05) is 43.8 Å². The summed E-state index contributed by atoms with van der Waals surface area (Å²) >= 11 is 0. The van der Waals surface area contributed by atoms with E-state index in [0.29, 0.717) is 17.9 Å². The van der Waals surface area contributed by atoms with E-state index in [-0.39, 0.29) is 0 Å². The van der Waals surface area contributed by atoms with Gasteiger partial charge in [0.15, 0.2) is 0 Å². The molecule has 1 unspecified atom stereocenters. The van der Waals surface area contributed by atoms with Crippen molar-refractivity contribution in [3.05, 3.63) is 36.0 Å². The van der Waals surface area contributed by atoms with E-state index in [4.69, 9.17) is 0 Å². The third-order valence-electron chi connectivity index (χ3n) is 5.64. The summed E-state index contributed by atoms with van der Waals surface area (Å²) in [4.78, 5) is 20.1. The molecule has 1 aromatic heterocycles. The number of rotatable bonds is 5. The summed E-state index contributed by atoms with van der Waals surface area (Å²) in [6.07, 6.45) is 7.73. The van der Waals surface area contributed by atoms with E-state index < -0.39 is 0 Å². The number of benzene rings is 1. The first-order chi connectivity index (χ1) is 11.7. The Morgan fingerprint density at radius 1 is 1.25 bits per heavy atom. The number of likely N-dealkylation sites (tertiary alicyclic amines) is 1. The fraction of sp³-hybridized carbons (Fsp3) is 0.550. The molecule has 0 radical (unpaired) electrons. The molecule has 0 spiro atoms. The molecule has 1 amide bonds. The summed E-state index contributed by atoms with van der Waals surface area (Å²) in [5.41, 5.74) is 2.52. The third-order valence-corrected chi connectivity index (χ3v) is 5.64. The molecule has 4 rings (SSSR count). The van der Waals surface area contributed by atoms with Crippen LogP contribution in [0.2, 0.25) is 0 Å². The van der Waals surface area contributed by atoms with Crippen LogP contribution in [0.25, 0.3) is 10.9 Å². The lowest BCUT2D eigenvalue weighted by Crippen LogP contribution is -2.35. The lowest BCUT2D eigenvalue weighted by Gasteiger charge is -2.25. The number of aromatic nitrogens is 1. The highest BCUT2D eigenvalue weighted by Gasteiger charge is 2.35. The number of nitrogens with one attached hydrogen (secondary N) is 1. The zero-order valence-corrected chi connectivity index (χ0v) is 14.5. The Hall–Kier alpha value is -1.81. The Morgan fingerprint density at radius 2 is 2.08 bits per heavy atom. The van der Waals surface area contributed by atoms with E-state index in [1.807, 2.05) is 6.20 Å². The molecule has 1 aliphatic heterocycles. The largest absolute Gasteiger partial charge is 0.361 e. The lowest BCUT2D eigenvalue weighted by molar-refractivity contribution is -0.129. The predicted octanol–water partition coefficient (Wildman–Crippen LogP) is 3.39. The van der Waals surface area contributed by atoms with Gasteiger partial charge in [-0.05, 0) is 55.0 Å². The summed E-state index contributed by atoms with van der Waals surface area (Å²) in [5.74, 6) is 0.869. The second-order valence-electron chi connectivity index (χ2n) is 7.65. The minimum atomic E-state index is 0.383. The molecule has 0 bridgehead atoms. The standard InChI is InChI=1S/C20H27N3O/c1-22(12-15-6-7-19-17(10-15)8-9-21-19)13-16-11-20(24)23(14-16)18-4-2-3-5-18/h6-10,16,18,21H,2-5,11-14H2,1H3. The molecule has 1 aliphatic carbocycles. The molecule has 2 aromatic rings. The van der Waals surface area contributed by atoms with Gasteiger partial charge in [-0.15, -0.1) is 0 Å². The van der Waals surface area contributed by atoms with Crippen LogP contribution in [0, 0.1) is 5.92 Å². The number of fused-ring (bicyclic) bond motifs is 1. The maximum atomic E-state index is 12.3. The van der Waals surface area contributed by atoms with Crippen molar-refractivity contribution in [1.29, 1.82) is 0 Å².